The summed E-state index contributed by atoms with van der Waals surface area (Å²) in [6.45, 7) is 1.88. The van der Waals surface area contributed by atoms with Gasteiger partial charge < -0.3 is 20.1 Å². The highest BCUT2D eigenvalue weighted by molar-refractivity contribution is 5.41. The lowest BCUT2D eigenvalue weighted by atomic mass is 10.2. The summed E-state index contributed by atoms with van der Waals surface area (Å²) in [7, 11) is 3.96. The molecule has 0 fully saturated rings. The molecular weight excluding hydrogens is 268 g/mol. The molecular formula is C15H20N4O2. The number of hydrogen-bond donors (Lipinski definition) is 2. The van der Waals surface area contributed by atoms with Crippen molar-refractivity contribution in [2.75, 3.05) is 32.6 Å². The second-order valence-corrected chi connectivity index (χ2v) is 4.89. The number of likely N-dealkylation sites (N-methyl/N-ethyl adjacent to an activating group) is 1. The van der Waals surface area contributed by atoms with Crippen molar-refractivity contribution in [1.29, 1.82) is 0 Å². The van der Waals surface area contributed by atoms with Crippen molar-refractivity contribution in [3.05, 3.63) is 42.2 Å². The minimum Gasteiger partial charge on any atom is -0.508 e. The van der Waals surface area contributed by atoms with E-state index in [1.165, 1.54) is 0 Å². The van der Waals surface area contributed by atoms with Gasteiger partial charge in [-0.1, -0.05) is 18.2 Å². The molecule has 0 atom stereocenters. The Hall–Kier alpha value is -2.34. The Kier molecular flexibility index (Phi) is 5.34. The van der Waals surface area contributed by atoms with Gasteiger partial charge in [0.2, 0.25) is 0 Å². The van der Waals surface area contributed by atoms with Crippen LogP contribution in [0.5, 0.6) is 11.8 Å². The normalized spacial score (nSPS) is 10.6. The van der Waals surface area contributed by atoms with Gasteiger partial charge in [0, 0.05) is 18.7 Å². The number of hydrogen-bond acceptors (Lipinski definition) is 6. The largest absolute Gasteiger partial charge is 0.508 e. The molecule has 21 heavy (non-hydrogen) atoms. The van der Waals surface area contributed by atoms with Gasteiger partial charge in [-0.2, -0.15) is 0 Å². The zero-order valence-corrected chi connectivity index (χ0v) is 12.3. The Morgan fingerprint density at radius 3 is 2.57 bits per heavy atom. The molecule has 1 aromatic heterocycles. The summed E-state index contributed by atoms with van der Waals surface area (Å²) in [4.78, 5) is 10.3. The van der Waals surface area contributed by atoms with Gasteiger partial charge in [-0.25, -0.2) is 9.97 Å². The minimum atomic E-state index is 0.273. The number of rotatable bonds is 7. The van der Waals surface area contributed by atoms with E-state index < -0.39 is 0 Å². The number of aromatic nitrogens is 2. The molecule has 1 aromatic carbocycles. The smallest absolute Gasteiger partial charge is 0.316 e. The Labute approximate surface area is 124 Å². The quantitative estimate of drug-likeness (QED) is 0.808. The molecule has 0 bridgehead atoms. The minimum absolute atomic E-state index is 0.273. The number of ether oxygens (including phenoxy) is 1. The molecule has 0 aliphatic carbocycles. The fraction of sp³-hybridized carbons (Fsp3) is 0.333. The SMILES string of the molecule is CN(C)CCOc1ncc(NCc2ccccc2O)cn1. The molecule has 0 radical (unpaired) electrons. The van der Waals surface area contributed by atoms with Gasteiger partial charge in [-0.05, 0) is 20.2 Å². The third-order valence-corrected chi connectivity index (χ3v) is 2.87. The molecule has 0 spiro atoms. The van der Waals surface area contributed by atoms with Crippen molar-refractivity contribution < 1.29 is 9.84 Å². The van der Waals surface area contributed by atoms with E-state index in [1.807, 2.05) is 31.1 Å². The van der Waals surface area contributed by atoms with Gasteiger partial charge in [0.25, 0.3) is 0 Å². The first kappa shape index (κ1) is 15.1. The standard InChI is InChI=1S/C15H20N4O2/c1-19(2)7-8-21-15-17-10-13(11-18-15)16-9-12-5-3-4-6-14(12)20/h3-6,10-11,16,20H,7-9H2,1-2H3. The van der Waals surface area contributed by atoms with Gasteiger partial charge in [0.1, 0.15) is 12.4 Å². The first-order chi connectivity index (χ1) is 10.1. The molecule has 0 amide bonds. The van der Waals surface area contributed by atoms with Crippen molar-refractivity contribution in [2.24, 2.45) is 0 Å². The van der Waals surface area contributed by atoms with Crippen LogP contribution in [0, 0.1) is 0 Å². The highest BCUT2D eigenvalue weighted by atomic mass is 16.5. The predicted octanol–water partition coefficient (Wildman–Crippen LogP) is 1.73. The zero-order chi connectivity index (χ0) is 15.1. The van der Waals surface area contributed by atoms with Crippen LogP contribution in [0.4, 0.5) is 5.69 Å². The molecule has 2 rings (SSSR count). The number of para-hydroxylation sites is 1. The average molecular weight is 288 g/mol. The first-order valence-electron chi connectivity index (χ1n) is 6.75. The lowest BCUT2D eigenvalue weighted by Crippen LogP contribution is -2.20. The zero-order valence-electron chi connectivity index (χ0n) is 12.3. The summed E-state index contributed by atoms with van der Waals surface area (Å²) in [5.41, 5.74) is 1.60. The van der Waals surface area contributed by atoms with Crippen molar-refractivity contribution >= 4 is 5.69 Å². The van der Waals surface area contributed by atoms with E-state index in [2.05, 4.69) is 15.3 Å². The van der Waals surface area contributed by atoms with E-state index in [-0.39, 0.29) is 5.75 Å². The number of nitrogens with zero attached hydrogens (tertiary/aromatic N) is 3. The van der Waals surface area contributed by atoms with Crippen LogP contribution < -0.4 is 10.1 Å². The average Bonchev–Trinajstić information content (AvgIpc) is 2.47. The summed E-state index contributed by atoms with van der Waals surface area (Å²) < 4.78 is 5.42. The van der Waals surface area contributed by atoms with Crippen LogP contribution in [-0.4, -0.2) is 47.2 Å². The topological polar surface area (TPSA) is 70.5 Å². The van der Waals surface area contributed by atoms with Gasteiger partial charge in [0.05, 0.1) is 18.1 Å². The van der Waals surface area contributed by atoms with Crippen LogP contribution in [0.3, 0.4) is 0 Å². The number of aromatic hydroxyl groups is 1. The van der Waals surface area contributed by atoms with Gasteiger partial charge in [0.15, 0.2) is 0 Å². The molecule has 0 aliphatic heterocycles. The number of benzene rings is 1. The second-order valence-electron chi connectivity index (χ2n) is 4.89. The number of anilines is 1. The molecule has 0 saturated carbocycles. The lowest BCUT2D eigenvalue weighted by molar-refractivity contribution is 0.245. The highest BCUT2D eigenvalue weighted by Crippen LogP contribution is 2.17. The number of nitrogens with one attached hydrogen (secondary N) is 1. The molecule has 1 heterocycles. The molecule has 2 aromatic rings. The molecule has 112 valence electrons. The van der Waals surface area contributed by atoms with Crippen LogP contribution in [0.1, 0.15) is 5.56 Å². The summed E-state index contributed by atoms with van der Waals surface area (Å²) in [5.74, 6) is 0.273. The van der Waals surface area contributed by atoms with Crippen molar-refractivity contribution in [1.82, 2.24) is 14.9 Å². The fourth-order valence-corrected chi connectivity index (χ4v) is 1.66. The summed E-state index contributed by atoms with van der Waals surface area (Å²) in [6, 6.07) is 7.57. The van der Waals surface area contributed by atoms with E-state index in [1.54, 1.807) is 24.5 Å². The Morgan fingerprint density at radius 1 is 1.19 bits per heavy atom. The molecule has 0 saturated heterocycles. The van der Waals surface area contributed by atoms with Gasteiger partial charge in [-0.3, -0.25) is 0 Å². The molecule has 0 unspecified atom stereocenters. The van der Waals surface area contributed by atoms with Crippen molar-refractivity contribution in [2.45, 2.75) is 6.54 Å². The second kappa shape index (κ2) is 7.44. The van der Waals surface area contributed by atoms with Crippen molar-refractivity contribution in [3.8, 4) is 11.8 Å². The van der Waals surface area contributed by atoms with E-state index in [9.17, 15) is 5.11 Å². The van der Waals surface area contributed by atoms with Crippen LogP contribution in [0.2, 0.25) is 0 Å². The van der Waals surface area contributed by atoms with Crippen LogP contribution in [0.15, 0.2) is 36.7 Å². The van der Waals surface area contributed by atoms with E-state index in [4.69, 9.17) is 4.74 Å². The van der Waals surface area contributed by atoms with E-state index in [0.29, 0.717) is 19.2 Å². The number of phenolic OH excluding ortho intramolecular Hbond substituents is 1. The van der Waals surface area contributed by atoms with Crippen molar-refractivity contribution in [3.63, 3.8) is 0 Å². The Bertz CT molecular complexity index is 558. The van der Waals surface area contributed by atoms with Crippen LogP contribution in [-0.2, 0) is 6.54 Å². The maximum Gasteiger partial charge on any atom is 0.316 e. The first-order valence-corrected chi connectivity index (χ1v) is 6.75. The Morgan fingerprint density at radius 2 is 1.90 bits per heavy atom. The van der Waals surface area contributed by atoms with E-state index >= 15 is 0 Å². The summed E-state index contributed by atoms with van der Waals surface area (Å²) >= 11 is 0. The maximum absolute atomic E-state index is 9.68. The molecule has 0 aliphatic rings. The third kappa shape index (κ3) is 4.92. The maximum atomic E-state index is 9.68. The van der Waals surface area contributed by atoms with Crippen LogP contribution in [0.25, 0.3) is 0 Å². The fourth-order valence-electron chi connectivity index (χ4n) is 1.66. The Balaban J connectivity index is 1.84. The van der Waals surface area contributed by atoms with Crippen LogP contribution >= 0.6 is 0 Å². The highest BCUT2D eigenvalue weighted by Gasteiger charge is 2.02. The molecule has 2 N–H and O–H groups in total. The summed E-state index contributed by atoms with van der Waals surface area (Å²) in [5, 5.41) is 12.8. The van der Waals surface area contributed by atoms with Gasteiger partial charge >= 0.3 is 6.01 Å². The molecule has 6 nitrogen and oxygen atoms in total. The monoisotopic (exact) mass is 288 g/mol. The third-order valence-electron chi connectivity index (χ3n) is 2.87. The number of phenols is 1. The predicted molar refractivity (Wildman–Crippen MR) is 81.5 cm³/mol. The van der Waals surface area contributed by atoms with Gasteiger partial charge in [-0.15, -0.1) is 0 Å². The summed E-state index contributed by atoms with van der Waals surface area (Å²) in [6.07, 6.45) is 3.33. The lowest BCUT2D eigenvalue weighted by Gasteiger charge is -2.10. The molecule has 6 heteroatoms. The van der Waals surface area contributed by atoms with E-state index in [0.717, 1.165) is 17.8 Å².